The van der Waals surface area contributed by atoms with Crippen molar-refractivity contribution in [2.45, 2.75) is 143 Å². The lowest BCUT2D eigenvalue weighted by Crippen LogP contribution is -2.71. The van der Waals surface area contributed by atoms with Crippen LogP contribution in [0.25, 0.3) is 0 Å². The van der Waals surface area contributed by atoms with Crippen molar-refractivity contribution in [3.05, 3.63) is 12.2 Å². The third-order valence-electron chi connectivity index (χ3n) is 11.2. The average Bonchev–Trinajstić information content (AvgIpc) is 3.10. The van der Waals surface area contributed by atoms with Crippen LogP contribution in [0.4, 0.5) is 4.79 Å². The third kappa shape index (κ3) is 13.2. The summed E-state index contributed by atoms with van der Waals surface area (Å²) < 4.78 is 17.6. The molecule has 0 saturated carbocycles. The summed E-state index contributed by atoms with van der Waals surface area (Å²) in [6, 6.07) is -0.168. The van der Waals surface area contributed by atoms with Crippen LogP contribution in [0.2, 0.25) is 0 Å². The highest BCUT2D eigenvalue weighted by Crippen LogP contribution is 2.32. The number of ether oxygens (including phenoxy) is 3. The highest BCUT2D eigenvalue weighted by Gasteiger charge is 2.45. The molecule has 52 heavy (non-hydrogen) atoms. The Hall–Kier alpha value is -1.35. The van der Waals surface area contributed by atoms with Crippen molar-refractivity contribution < 1.29 is 29.2 Å². The van der Waals surface area contributed by atoms with Gasteiger partial charge in [-0.3, -0.25) is 15.1 Å². The van der Waals surface area contributed by atoms with Crippen LogP contribution in [0.15, 0.2) is 12.2 Å². The molecule has 0 aromatic heterocycles. The van der Waals surface area contributed by atoms with Crippen LogP contribution in [0.5, 0.6) is 0 Å². The molecule has 4 rings (SSSR count). The largest absolute Gasteiger partial charge is 0.444 e. The molecule has 1 aliphatic carbocycles. The fourth-order valence-corrected chi connectivity index (χ4v) is 8.32. The second kappa shape index (κ2) is 20.0. The number of allylic oxidation sites excluding steroid dienone is 2. The van der Waals surface area contributed by atoms with E-state index in [1.807, 2.05) is 20.8 Å². The van der Waals surface area contributed by atoms with Crippen molar-refractivity contribution in [1.82, 2.24) is 30.7 Å². The second-order valence-corrected chi connectivity index (χ2v) is 18.5. The summed E-state index contributed by atoms with van der Waals surface area (Å²) in [7, 11) is 1.72. The van der Waals surface area contributed by atoms with Crippen molar-refractivity contribution in [2.75, 3.05) is 66.1 Å². The van der Waals surface area contributed by atoms with E-state index in [0.29, 0.717) is 45.1 Å². The Bertz CT molecular complexity index is 1090. The number of piperidine rings is 2. The second-order valence-electron chi connectivity index (χ2n) is 18.5. The molecule has 12 heteroatoms. The standard InChI is InChI=1S/C40H76N6O6/c1-28(2)24-46(36(48)33-23-42-37(39(3,4)5)43-34(33)41-18-13-21-50-9)31-22-30(25-45(26-31)38(49)52-40(6,7)8)35(47)44-19-16-32(17-20-44)51-27-29-14-11-10-12-15-29/h10-11,28-37,41-43,47-48H,12-27H2,1-9H3/t29-,30-,31+,33?,34?,35?,36?,37-/m1/s1. The van der Waals surface area contributed by atoms with E-state index in [2.05, 4.69) is 72.5 Å². The van der Waals surface area contributed by atoms with Crippen LogP contribution >= 0.6 is 0 Å². The van der Waals surface area contributed by atoms with Crippen LogP contribution < -0.4 is 16.0 Å². The Labute approximate surface area is 315 Å². The molecule has 3 aliphatic heterocycles. The predicted octanol–water partition coefficient (Wildman–Crippen LogP) is 4.18. The first-order valence-corrected chi connectivity index (χ1v) is 20.4. The summed E-state index contributed by atoms with van der Waals surface area (Å²) in [5.74, 6) is 0.524. The molecule has 0 radical (unpaired) electrons. The zero-order chi connectivity index (χ0) is 38.1. The molecule has 0 aromatic carbocycles. The fourth-order valence-electron chi connectivity index (χ4n) is 8.32. The number of aliphatic hydroxyl groups excluding tert-OH is 2. The fraction of sp³-hybridized carbons (Fsp3) is 0.925. The monoisotopic (exact) mass is 737 g/mol. The minimum absolute atomic E-state index is 0.0196. The Kier molecular flexibility index (Phi) is 16.7. The highest BCUT2D eigenvalue weighted by molar-refractivity contribution is 5.68. The summed E-state index contributed by atoms with van der Waals surface area (Å²) in [6.07, 6.45) is 9.60. The molecule has 3 heterocycles. The lowest BCUT2D eigenvalue weighted by molar-refractivity contribution is -0.130. The van der Waals surface area contributed by atoms with E-state index in [-0.39, 0.29) is 53.7 Å². The van der Waals surface area contributed by atoms with Crippen molar-refractivity contribution >= 4 is 6.09 Å². The van der Waals surface area contributed by atoms with Gasteiger partial charge in [0.1, 0.15) is 18.1 Å². The van der Waals surface area contributed by atoms with Gasteiger partial charge in [-0.15, -0.1) is 0 Å². The molecule has 1 amide bonds. The summed E-state index contributed by atoms with van der Waals surface area (Å²) in [5.41, 5.74) is -0.663. The van der Waals surface area contributed by atoms with Gasteiger partial charge in [-0.2, -0.15) is 0 Å². The van der Waals surface area contributed by atoms with E-state index >= 15 is 0 Å². The van der Waals surface area contributed by atoms with Gasteiger partial charge in [0.15, 0.2) is 0 Å². The molecule has 0 spiro atoms. The van der Waals surface area contributed by atoms with E-state index in [0.717, 1.165) is 58.3 Å². The summed E-state index contributed by atoms with van der Waals surface area (Å²) in [5, 5.41) is 35.5. The number of likely N-dealkylation sites (tertiary alicyclic amines) is 2. The number of carbonyl (C=O) groups is 1. The number of carbonyl (C=O) groups excluding carboxylic acids is 1. The molecule has 4 aliphatic rings. The van der Waals surface area contributed by atoms with Gasteiger partial charge in [-0.05, 0) is 89.5 Å². The van der Waals surface area contributed by atoms with E-state index < -0.39 is 18.1 Å². The van der Waals surface area contributed by atoms with Crippen molar-refractivity contribution in [2.24, 2.45) is 29.1 Å². The van der Waals surface area contributed by atoms with Crippen molar-refractivity contribution in [1.29, 1.82) is 0 Å². The van der Waals surface area contributed by atoms with Gasteiger partial charge < -0.3 is 40.0 Å². The molecule has 3 saturated heterocycles. The average molecular weight is 737 g/mol. The Morgan fingerprint density at radius 2 is 1.79 bits per heavy atom. The molecule has 0 aromatic rings. The minimum atomic E-state index is -0.794. The Morgan fingerprint density at radius 3 is 2.40 bits per heavy atom. The number of nitrogens with one attached hydrogen (secondary N) is 3. The quantitative estimate of drug-likeness (QED) is 0.0944. The van der Waals surface area contributed by atoms with Crippen LogP contribution in [-0.2, 0) is 14.2 Å². The van der Waals surface area contributed by atoms with E-state index in [1.54, 1.807) is 12.0 Å². The Balaban J connectivity index is 1.50. The van der Waals surface area contributed by atoms with Crippen LogP contribution in [0.1, 0.15) is 100 Å². The molecular formula is C40H76N6O6. The molecule has 3 fully saturated rings. The van der Waals surface area contributed by atoms with Gasteiger partial charge in [0.2, 0.25) is 0 Å². The van der Waals surface area contributed by atoms with E-state index in [4.69, 9.17) is 14.2 Å². The first kappa shape index (κ1) is 43.4. The lowest BCUT2D eigenvalue weighted by Gasteiger charge is -2.51. The van der Waals surface area contributed by atoms with Crippen LogP contribution in [-0.4, -0.2) is 140 Å². The smallest absolute Gasteiger partial charge is 0.410 e. The first-order valence-electron chi connectivity index (χ1n) is 20.4. The zero-order valence-electron chi connectivity index (χ0n) is 34.1. The van der Waals surface area contributed by atoms with Gasteiger partial charge in [0, 0.05) is 70.9 Å². The summed E-state index contributed by atoms with van der Waals surface area (Å²) in [4.78, 5) is 19.8. The predicted molar refractivity (Wildman–Crippen MR) is 206 cm³/mol. The first-order chi connectivity index (χ1) is 24.6. The highest BCUT2D eigenvalue weighted by atomic mass is 16.6. The summed E-state index contributed by atoms with van der Waals surface area (Å²) >= 11 is 0. The number of hydrogen-bond donors (Lipinski definition) is 5. The molecule has 4 unspecified atom stereocenters. The molecular weight excluding hydrogens is 660 g/mol. The molecule has 12 nitrogen and oxygen atoms in total. The van der Waals surface area contributed by atoms with Crippen LogP contribution in [0, 0.1) is 29.1 Å². The zero-order valence-corrected chi connectivity index (χ0v) is 34.1. The number of hydrogen-bond acceptors (Lipinski definition) is 11. The van der Waals surface area contributed by atoms with Gasteiger partial charge in [0.25, 0.3) is 0 Å². The maximum absolute atomic E-state index is 13.7. The van der Waals surface area contributed by atoms with Gasteiger partial charge >= 0.3 is 6.09 Å². The normalized spacial score (nSPS) is 29.8. The van der Waals surface area contributed by atoms with Crippen molar-refractivity contribution in [3.8, 4) is 0 Å². The maximum atomic E-state index is 13.7. The molecule has 0 bridgehead atoms. The Morgan fingerprint density at radius 1 is 1.06 bits per heavy atom. The van der Waals surface area contributed by atoms with Gasteiger partial charge in [-0.25, -0.2) is 4.79 Å². The van der Waals surface area contributed by atoms with Crippen LogP contribution in [0.3, 0.4) is 0 Å². The molecule has 5 N–H and O–H groups in total. The topological polar surface area (TPSA) is 131 Å². The number of amides is 1. The van der Waals surface area contributed by atoms with E-state index in [9.17, 15) is 15.0 Å². The third-order valence-corrected chi connectivity index (χ3v) is 11.2. The van der Waals surface area contributed by atoms with E-state index in [1.165, 1.54) is 6.42 Å². The molecule has 302 valence electrons. The number of nitrogens with zero attached hydrogens (tertiary/aromatic N) is 3. The number of rotatable bonds is 15. The lowest BCUT2D eigenvalue weighted by atomic mass is 9.86. The van der Waals surface area contributed by atoms with Crippen molar-refractivity contribution in [3.63, 3.8) is 0 Å². The number of aliphatic hydroxyl groups is 2. The van der Waals surface area contributed by atoms with Gasteiger partial charge in [-0.1, -0.05) is 46.8 Å². The number of methoxy groups -OCH3 is 1. The summed E-state index contributed by atoms with van der Waals surface area (Å²) in [6.45, 7) is 22.5. The SMILES string of the molecule is COCCCNC1N[C@H](C(C)(C)C)NCC1C(O)N(CC(C)C)[C@H]1C[C@@H](C(O)N2CCC(OC[C@@H]3CC=CCC3)CC2)CN(C(=O)OC(C)(C)C)C1. The molecule has 8 atom stereocenters. The van der Waals surface area contributed by atoms with Gasteiger partial charge in [0.05, 0.1) is 25.0 Å². The minimum Gasteiger partial charge on any atom is -0.444 e. The maximum Gasteiger partial charge on any atom is 0.410 e.